The Labute approximate surface area is 118 Å². The van der Waals surface area contributed by atoms with E-state index in [9.17, 15) is 4.79 Å². The van der Waals surface area contributed by atoms with Crippen molar-refractivity contribution in [2.24, 2.45) is 0 Å². The first-order chi connectivity index (χ1) is 9.84. The number of benzene rings is 1. The lowest BCUT2D eigenvalue weighted by molar-refractivity contribution is -0.116. The third kappa shape index (κ3) is 4.90. The molecule has 0 spiro atoms. The Bertz CT molecular complexity index is 589. The van der Waals surface area contributed by atoms with E-state index in [-0.39, 0.29) is 5.91 Å². The number of nitrogens with one attached hydrogen (secondary N) is 1. The van der Waals surface area contributed by atoms with Crippen molar-refractivity contribution in [1.29, 1.82) is 0 Å². The van der Waals surface area contributed by atoms with Crippen LogP contribution in [0.5, 0.6) is 0 Å². The van der Waals surface area contributed by atoms with Gasteiger partial charge in [-0.15, -0.1) is 0 Å². The van der Waals surface area contributed by atoms with Crippen molar-refractivity contribution in [3.05, 3.63) is 78.1 Å². The molecular formula is C17H16N2O. The number of hydrogen-bond donors (Lipinski definition) is 1. The second-order valence-electron chi connectivity index (χ2n) is 4.18. The van der Waals surface area contributed by atoms with Crippen LogP contribution in [-0.2, 0) is 4.79 Å². The van der Waals surface area contributed by atoms with Gasteiger partial charge < -0.3 is 5.32 Å². The van der Waals surface area contributed by atoms with Crippen LogP contribution in [0.3, 0.4) is 0 Å². The van der Waals surface area contributed by atoms with Crippen molar-refractivity contribution in [3.8, 4) is 0 Å². The van der Waals surface area contributed by atoms with Gasteiger partial charge in [-0.2, -0.15) is 0 Å². The van der Waals surface area contributed by atoms with Crippen LogP contribution in [-0.4, -0.2) is 17.4 Å². The highest BCUT2D eigenvalue weighted by atomic mass is 16.1. The standard InChI is InChI=1S/C17H16N2O/c20-17(11-10-16-9-4-12-18-14-16)19-13-5-8-15-6-2-1-3-7-15/h1-12,14H,13H2,(H,19,20)/b8-5+,11-10+. The fourth-order valence-electron chi connectivity index (χ4n) is 1.62. The Hall–Kier alpha value is -2.68. The van der Waals surface area contributed by atoms with E-state index in [0.29, 0.717) is 6.54 Å². The monoisotopic (exact) mass is 264 g/mol. The molecule has 0 radical (unpaired) electrons. The molecule has 0 unspecified atom stereocenters. The average molecular weight is 264 g/mol. The molecule has 0 atom stereocenters. The number of carbonyl (C=O) groups excluding carboxylic acids is 1. The topological polar surface area (TPSA) is 42.0 Å². The number of aromatic nitrogens is 1. The minimum absolute atomic E-state index is 0.119. The molecule has 0 aliphatic carbocycles. The number of nitrogens with zero attached hydrogens (tertiary/aromatic N) is 1. The Morgan fingerprint density at radius 1 is 1.05 bits per heavy atom. The molecule has 0 aliphatic heterocycles. The van der Waals surface area contributed by atoms with E-state index in [0.717, 1.165) is 11.1 Å². The van der Waals surface area contributed by atoms with E-state index >= 15 is 0 Å². The van der Waals surface area contributed by atoms with Crippen LogP contribution >= 0.6 is 0 Å². The van der Waals surface area contributed by atoms with Gasteiger partial charge in [0, 0.05) is 25.0 Å². The first-order valence-corrected chi connectivity index (χ1v) is 6.42. The molecule has 2 aromatic rings. The van der Waals surface area contributed by atoms with Crippen LogP contribution in [0.15, 0.2) is 67.0 Å². The Morgan fingerprint density at radius 2 is 1.85 bits per heavy atom. The highest BCUT2D eigenvalue weighted by molar-refractivity contribution is 5.91. The predicted octanol–water partition coefficient (Wildman–Crippen LogP) is 2.92. The van der Waals surface area contributed by atoms with Crippen molar-refractivity contribution < 1.29 is 4.79 Å². The van der Waals surface area contributed by atoms with Crippen molar-refractivity contribution in [2.75, 3.05) is 6.54 Å². The molecule has 3 heteroatoms. The van der Waals surface area contributed by atoms with Crippen molar-refractivity contribution in [2.45, 2.75) is 0 Å². The Kier molecular flexibility index (Phi) is 5.28. The highest BCUT2D eigenvalue weighted by Gasteiger charge is 1.92. The third-order valence-corrected chi connectivity index (χ3v) is 2.62. The van der Waals surface area contributed by atoms with E-state index in [1.54, 1.807) is 18.5 Å². The minimum atomic E-state index is -0.119. The third-order valence-electron chi connectivity index (χ3n) is 2.62. The molecule has 0 fully saturated rings. The molecule has 0 bridgehead atoms. The molecule has 20 heavy (non-hydrogen) atoms. The molecule has 1 aromatic heterocycles. The van der Waals surface area contributed by atoms with Gasteiger partial charge in [0.2, 0.25) is 5.91 Å². The first kappa shape index (κ1) is 13.7. The molecule has 0 saturated heterocycles. The maximum atomic E-state index is 11.6. The lowest BCUT2D eigenvalue weighted by atomic mass is 10.2. The maximum Gasteiger partial charge on any atom is 0.244 e. The van der Waals surface area contributed by atoms with Gasteiger partial charge in [-0.1, -0.05) is 48.6 Å². The van der Waals surface area contributed by atoms with Gasteiger partial charge >= 0.3 is 0 Å². The van der Waals surface area contributed by atoms with Gasteiger partial charge in [0.1, 0.15) is 0 Å². The van der Waals surface area contributed by atoms with E-state index < -0.39 is 0 Å². The van der Waals surface area contributed by atoms with E-state index in [1.165, 1.54) is 6.08 Å². The summed E-state index contributed by atoms with van der Waals surface area (Å²) in [6, 6.07) is 13.7. The van der Waals surface area contributed by atoms with E-state index in [1.807, 2.05) is 54.6 Å². The highest BCUT2D eigenvalue weighted by Crippen LogP contribution is 2.00. The number of amides is 1. The number of carbonyl (C=O) groups is 1. The zero-order valence-corrected chi connectivity index (χ0v) is 11.1. The molecule has 2 rings (SSSR count). The second-order valence-corrected chi connectivity index (χ2v) is 4.18. The summed E-state index contributed by atoms with van der Waals surface area (Å²) >= 11 is 0. The van der Waals surface area contributed by atoms with Crippen LogP contribution in [0.2, 0.25) is 0 Å². The first-order valence-electron chi connectivity index (χ1n) is 6.42. The molecule has 1 N–H and O–H groups in total. The Morgan fingerprint density at radius 3 is 2.60 bits per heavy atom. The lowest BCUT2D eigenvalue weighted by Gasteiger charge is -1.97. The maximum absolute atomic E-state index is 11.6. The summed E-state index contributed by atoms with van der Waals surface area (Å²) < 4.78 is 0. The smallest absolute Gasteiger partial charge is 0.244 e. The largest absolute Gasteiger partial charge is 0.349 e. The second kappa shape index (κ2) is 7.69. The van der Waals surface area contributed by atoms with Crippen LogP contribution in [0.4, 0.5) is 0 Å². The van der Waals surface area contributed by atoms with Crippen LogP contribution in [0.25, 0.3) is 12.2 Å². The summed E-state index contributed by atoms with van der Waals surface area (Å²) in [6.07, 6.45) is 10.6. The van der Waals surface area contributed by atoms with Crippen LogP contribution in [0, 0.1) is 0 Å². The number of rotatable bonds is 5. The SMILES string of the molecule is O=C(/C=C/c1cccnc1)NC/C=C/c1ccccc1. The molecular weight excluding hydrogens is 248 g/mol. The molecule has 1 aromatic carbocycles. The van der Waals surface area contributed by atoms with Crippen LogP contribution in [0.1, 0.15) is 11.1 Å². The molecule has 0 saturated carbocycles. The van der Waals surface area contributed by atoms with E-state index in [4.69, 9.17) is 0 Å². The summed E-state index contributed by atoms with van der Waals surface area (Å²) in [7, 11) is 0. The van der Waals surface area contributed by atoms with Gasteiger partial charge in [-0.05, 0) is 23.3 Å². The van der Waals surface area contributed by atoms with Gasteiger partial charge in [0.15, 0.2) is 0 Å². The zero-order valence-electron chi connectivity index (χ0n) is 11.1. The average Bonchev–Trinajstić information content (AvgIpc) is 2.52. The van der Waals surface area contributed by atoms with Gasteiger partial charge in [0.05, 0.1) is 0 Å². The summed E-state index contributed by atoms with van der Waals surface area (Å²) in [6.45, 7) is 0.505. The minimum Gasteiger partial charge on any atom is -0.349 e. The summed E-state index contributed by atoms with van der Waals surface area (Å²) in [5.41, 5.74) is 2.02. The lowest BCUT2D eigenvalue weighted by Crippen LogP contribution is -2.20. The summed E-state index contributed by atoms with van der Waals surface area (Å²) in [5.74, 6) is -0.119. The molecule has 3 nitrogen and oxygen atoms in total. The van der Waals surface area contributed by atoms with Crippen molar-refractivity contribution in [1.82, 2.24) is 10.3 Å². The van der Waals surface area contributed by atoms with Crippen molar-refractivity contribution >= 4 is 18.1 Å². The number of pyridine rings is 1. The molecule has 1 amide bonds. The molecule has 100 valence electrons. The van der Waals surface area contributed by atoms with E-state index in [2.05, 4.69) is 10.3 Å². The fourth-order valence-corrected chi connectivity index (χ4v) is 1.62. The summed E-state index contributed by atoms with van der Waals surface area (Å²) in [4.78, 5) is 15.6. The fraction of sp³-hybridized carbons (Fsp3) is 0.0588. The quantitative estimate of drug-likeness (QED) is 0.844. The number of hydrogen-bond acceptors (Lipinski definition) is 2. The Balaban J connectivity index is 1.76. The van der Waals surface area contributed by atoms with Gasteiger partial charge in [-0.3, -0.25) is 9.78 Å². The van der Waals surface area contributed by atoms with Crippen LogP contribution < -0.4 is 5.32 Å². The van der Waals surface area contributed by atoms with Crippen molar-refractivity contribution in [3.63, 3.8) is 0 Å². The normalized spacial score (nSPS) is 11.0. The molecule has 0 aliphatic rings. The van der Waals surface area contributed by atoms with Gasteiger partial charge in [0.25, 0.3) is 0 Å². The van der Waals surface area contributed by atoms with Gasteiger partial charge in [-0.25, -0.2) is 0 Å². The zero-order chi connectivity index (χ0) is 14.0. The summed E-state index contributed by atoms with van der Waals surface area (Å²) in [5, 5.41) is 2.79. The molecule has 1 heterocycles. The predicted molar refractivity (Wildman–Crippen MR) is 81.8 cm³/mol.